The highest BCUT2D eigenvalue weighted by Gasteiger charge is 2.32. The summed E-state index contributed by atoms with van der Waals surface area (Å²) in [5.41, 5.74) is -0.474. The second-order valence-corrected chi connectivity index (χ2v) is 10.8. The maximum Gasteiger partial charge on any atom is 0.408 e. The minimum absolute atomic E-state index is 0.0957. The Hall–Kier alpha value is -3.13. The Morgan fingerprint density at radius 1 is 1.17 bits per heavy atom. The molecule has 4 rings (SSSR count). The number of fused-ring (bicyclic) bond motifs is 1. The van der Waals surface area contributed by atoms with Gasteiger partial charge in [0.05, 0.1) is 11.6 Å². The first-order chi connectivity index (χ1) is 16.8. The van der Waals surface area contributed by atoms with Gasteiger partial charge in [0, 0.05) is 29.6 Å². The number of likely N-dealkylation sites (tertiary alicyclic amines) is 1. The van der Waals surface area contributed by atoms with Crippen LogP contribution in [0.15, 0.2) is 40.8 Å². The zero-order valence-corrected chi connectivity index (χ0v) is 21.5. The minimum atomic E-state index is -1.28. The number of carbonyl (C=O) groups is 2. The molecule has 1 aliphatic heterocycles. The molecule has 2 aromatic carbocycles. The molecule has 0 bridgehead atoms. The zero-order chi connectivity index (χ0) is 26.3. The highest BCUT2D eigenvalue weighted by molar-refractivity contribution is 6.35. The SMILES string of the molecule is CC1(F)CCN(C(=O)c2ccc(-c3cc(Cl)c4oc(CNC(=O)OC(C)(C)C)cc4c3)c(F)c2)CC1. The Labute approximate surface area is 213 Å². The first-order valence-electron chi connectivity index (χ1n) is 11.8. The molecule has 0 atom stereocenters. The lowest BCUT2D eigenvalue weighted by molar-refractivity contribution is 0.0498. The molecule has 36 heavy (non-hydrogen) atoms. The van der Waals surface area contributed by atoms with Crippen molar-refractivity contribution in [3.63, 3.8) is 0 Å². The average molecular weight is 519 g/mol. The van der Waals surface area contributed by atoms with E-state index in [1.165, 1.54) is 19.1 Å². The van der Waals surface area contributed by atoms with E-state index in [2.05, 4.69) is 5.32 Å². The standard InChI is InChI=1S/C27H29ClF2N2O4/c1-26(2,3)36-25(34)31-15-19-12-18-11-17(13-21(28)23(18)35-19)20-6-5-16(14-22(20)29)24(33)32-9-7-27(4,30)8-10-32/h5-6,11-14H,7-10,15H2,1-4H3,(H,31,34). The topological polar surface area (TPSA) is 71.8 Å². The number of halogens is 3. The number of amides is 2. The lowest BCUT2D eigenvalue weighted by atomic mass is 9.95. The number of hydrogen-bond acceptors (Lipinski definition) is 4. The molecule has 192 valence electrons. The molecule has 2 heterocycles. The van der Waals surface area contributed by atoms with Crippen molar-refractivity contribution in [1.82, 2.24) is 10.2 Å². The Morgan fingerprint density at radius 3 is 2.50 bits per heavy atom. The molecular formula is C27H29ClF2N2O4. The number of piperidine rings is 1. The predicted octanol–water partition coefficient (Wildman–Crippen LogP) is 6.88. The van der Waals surface area contributed by atoms with Gasteiger partial charge in [-0.05, 0) is 76.4 Å². The molecule has 1 aromatic heterocycles. The third-order valence-electron chi connectivity index (χ3n) is 6.05. The van der Waals surface area contributed by atoms with E-state index in [4.69, 9.17) is 20.8 Å². The van der Waals surface area contributed by atoms with Gasteiger partial charge in [-0.3, -0.25) is 4.79 Å². The quantitative estimate of drug-likeness (QED) is 0.408. The summed E-state index contributed by atoms with van der Waals surface area (Å²) in [7, 11) is 0. The highest BCUT2D eigenvalue weighted by Crippen LogP contribution is 2.34. The summed E-state index contributed by atoms with van der Waals surface area (Å²) in [4.78, 5) is 26.3. The van der Waals surface area contributed by atoms with Crippen molar-refractivity contribution < 1.29 is 27.5 Å². The third-order valence-corrected chi connectivity index (χ3v) is 6.33. The van der Waals surface area contributed by atoms with Crippen LogP contribution in [-0.2, 0) is 11.3 Å². The molecule has 0 unspecified atom stereocenters. The first kappa shape index (κ1) is 25.9. The summed E-state index contributed by atoms with van der Waals surface area (Å²) in [6.45, 7) is 7.53. The molecule has 0 radical (unpaired) electrons. The second kappa shape index (κ2) is 9.73. The summed E-state index contributed by atoms with van der Waals surface area (Å²) < 4.78 is 40.1. The molecule has 3 aromatic rings. The molecule has 1 aliphatic rings. The summed E-state index contributed by atoms with van der Waals surface area (Å²) in [6, 6.07) is 9.33. The third kappa shape index (κ3) is 5.98. The minimum Gasteiger partial charge on any atom is -0.458 e. The van der Waals surface area contributed by atoms with Crippen LogP contribution in [0.2, 0.25) is 5.02 Å². The van der Waals surface area contributed by atoms with Gasteiger partial charge in [-0.2, -0.15) is 0 Å². The van der Waals surface area contributed by atoms with Gasteiger partial charge in [-0.15, -0.1) is 0 Å². The van der Waals surface area contributed by atoms with E-state index in [-0.39, 0.29) is 41.4 Å². The van der Waals surface area contributed by atoms with Gasteiger partial charge in [-0.1, -0.05) is 17.7 Å². The Balaban J connectivity index is 1.51. The van der Waals surface area contributed by atoms with Gasteiger partial charge >= 0.3 is 6.09 Å². The fourth-order valence-corrected chi connectivity index (χ4v) is 4.39. The number of nitrogens with zero attached hydrogens (tertiary/aromatic N) is 1. The van der Waals surface area contributed by atoms with E-state index < -0.39 is 23.2 Å². The van der Waals surface area contributed by atoms with Crippen LogP contribution in [0.4, 0.5) is 13.6 Å². The fourth-order valence-electron chi connectivity index (χ4n) is 4.12. The summed E-state index contributed by atoms with van der Waals surface area (Å²) >= 11 is 6.41. The average Bonchev–Trinajstić information content (AvgIpc) is 3.20. The molecule has 9 heteroatoms. The van der Waals surface area contributed by atoms with Gasteiger partial charge in [0.25, 0.3) is 5.91 Å². The number of ether oxygens (including phenoxy) is 1. The van der Waals surface area contributed by atoms with Crippen LogP contribution >= 0.6 is 11.6 Å². The molecule has 6 nitrogen and oxygen atoms in total. The Morgan fingerprint density at radius 2 is 1.86 bits per heavy atom. The van der Waals surface area contributed by atoms with Crippen LogP contribution in [0, 0.1) is 5.82 Å². The van der Waals surface area contributed by atoms with Crippen molar-refractivity contribution in [3.8, 4) is 11.1 Å². The van der Waals surface area contributed by atoms with Gasteiger partial charge in [0.15, 0.2) is 5.58 Å². The number of alkyl carbamates (subject to hydrolysis) is 1. The fraction of sp³-hybridized carbons (Fsp3) is 0.407. The number of hydrogen-bond donors (Lipinski definition) is 1. The monoisotopic (exact) mass is 518 g/mol. The maximum atomic E-state index is 15.1. The van der Waals surface area contributed by atoms with Crippen LogP contribution in [-0.4, -0.2) is 41.3 Å². The number of rotatable bonds is 4. The summed E-state index contributed by atoms with van der Waals surface area (Å²) in [5.74, 6) is -0.428. The van der Waals surface area contributed by atoms with E-state index in [1.807, 2.05) is 0 Å². The summed E-state index contributed by atoms with van der Waals surface area (Å²) in [5, 5.41) is 3.55. The van der Waals surface area contributed by atoms with Gasteiger partial charge in [0.1, 0.15) is 22.8 Å². The van der Waals surface area contributed by atoms with Gasteiger partial charge < -0.3 is 19.4 Å². The zero-order valence-electron chi connectivity index (χ0n) is 20.7. The Bertz CT molecular complexity index is 1300. The Kier molecular flexibility index (Phi) is 7.01. The number of alkyl halides is 1. The molecule has 0 spiro atoms. The van der Waals surface area contributed by atoms with Crippen LogP contribution in [0.25, 0.3) is 22.1 Å². The van der Waals surface area contributed by atoms with Crippen LogP contribution < -0.4 is 5.32 Å². The van der Waals surface area contributed by atoms with Crippen molar-refractivity contribution in [3.05, 3.63) is 58.6 Å². The van der Waals surface area contributed by atoms with Crippen LogP contribution in [0.3, 0.4) is 0 Å². The van der Waals surface area contributed by atoms with Crippen molar-refractivity contribution >= 4 is 34.6 Å². The van der Waals surface area contributed by atoms with Crippen LogP contribution in [0.1, 0.15) is 56.7 Å². The maximum absolute atomic E-state index is 15.1. The number of furan rings is 1. The molecule has 0 saturated carbocycles. The first-order valence-corrected chi connectivity index (χ1v) is 12.2. The molecule has 1 fully saturated rings. The van der Waals surface area contributed by atoms with E-state index in [0.29, 0.717) is 35.4 Å². The predicted molar refractivity (Wildman–Crippen MR) is 134 cm³/mol. The molecule has 1 N–H and O–H groups in total. The number of benzene rings is 2. The number of carbonyl (C=O) groups excluding carboxylic acids is 2. The molecule has 2 amide bonds. The second-order valence-electron chi connectivity index (χ2n) is 10.3. The van der Waals surface area contributed by atoms with E-state index in [9.17, 15) is 14.0 Å². The molecule has 1 saturated heterocycles. The largest absolute Gasteiger partial charge is 0.458 e. The van der Waals surface area contributed by atoms with Crippen molar-refractivity contribution in [2.75, 3.05) is 13.1 Å². The van der Waals surface area contributed by atoms with E-state index >= 15 is 4.39 Å². The van der Waals surface area contributed by atoms with Crippen LogP contribution in [0.5, 0.6) is 0 Å². The van der Waals surface area contributed by atoms with Gasteiger partial charge in [-0.25, -0.2) is 13.6 Å². The normalized spacial score (nSPS) is 15.7. The smallest absolute Gasteiger partial charge is 0.408 e. The molecule has 0 aliphatic carbocycles. The summed E-state index contributed by atoms with van der Waals surface area (Å²) in [6.07, 6.45) is -0.0509. The van der Waals surface area contributed by atoms with Crippen molar-refractivity contribution in [2.45, 2.75) is 58.4 Å². The van der Waals surface area contributed by atoms with Crippen molar-refractivity contribution in [1.29, 1.82) is 0 Å². The van der Waals surface area contributed by atoms with E-state index in [1.54, 1.807) is 49.9 Å². The van der Waals surface area contributed by atoms with Crippen molar-refractivity contribution in [2.24, 2.45) is 0 Å². The highest BCUT2D eigenvalue weighted by atomic mass is 35.5. The lowest BCUT2D eigenvalue weighted by Crippen LogP contribution is -2.43. The molecular weight excluding hydrogens is 490 g/mol. The lowest BCUT2D eigenvalue weighted by Gasteiger charge is -2.34. The van der Waals surface area contributed by atoms with E-state index in [0.717, 1.165) is 0 Å². The number of nitrogens with one attached hydrogen (secondary N) is 1. The van der Waals surface area contributed by atoms with Gasteiger partial charge in [0.2, 0.25) is 0 Å².